The summed E-state index contributed by atoms with van der Waals surface area (Å²) in [5.41, 5.74) is 2.46. The molecule has 4 aliphatic carbocycles. The second-order valence-corrected chi connectivity index (χ2v) is 11.8. The van der Waals surface area contributed by atoms with Crippen LogP contribution in [0.5, 0.6) is 0 Å². The topological polar surface area (TPSA) is 102 Å². The molecule has 0 radical (unpaired) electrons. The van der Waals surface area contributed by atoms with Gasteiger partial charge in [0.2, 0.25) is 11.8 Å². The lowest BCUT2D eigenvalue weighted by atomic mass is 9.47. The number of amides is 3. The fourth-order valence-corrected chi connectivity index (χ4v) is 8.12. The molecule has 5 rings (SSSR count). The van der Waals surface area contributed by atoms with Gasteiger partial charge in [0.05, 0.1) is 5.71 Å². The van der Waals surface area contributed by atoms with E-state index in [1.165, 1.54) is 5.57 Å². The van der Waals surface area contributed by atoms with Gasteiger partial charge in [0, 0.05) is 24.7 Å². The molecule has 1 heterocycles. The summed E-state index contributed by atoms with van der Waals surface area (Å²) in [7, 11) is 0. The average Bonchev–Trinajstić information content (AvgIpc) is 3.37. The molecule has 8 heteroatoms. The van der Waals surface area contributed by atoms with Crippen LogP contribution in [0, 0.1) is 28.6 Å². The summed E-state index contributed by atoms with van der Waals surface area (Å²) in [6.07, 6.45) is 11.1. The Kier molecular flexibility index (Phi) is 6.58. The molecule has 5 aliphatic rings. The highest BCUT2D eigenvalue weighted by Crippen LogP contribution is 2.65. The van der Waals surface area contributed by atoms with Crippen LogP contribution in [0.4, 0.5) is 0 Å². The molecular formula is C28H38N2O6. The third-order valence-electron chi connectivity index (χ3n) is 10.1. The lowest BCUT2D eigenvalue weighted by molar-refractivity contribution is -0.159. The maximum Gasteiger partial charge on any atom is 0.305 e. The highest BCUT2D eigenvalue weighted by Gasteiger charge is 2.59. The lowest BCUT2D eigenvalue weighted by Crippen LogP contribution is -2.51. The fourth-order valence-electron chi connectivity index (χ4n) is 8.12. The Labute approximate surface area is 212 Å². The molecule has 6 atom stereocenters. The van der Waals surface area contributed by atoms with Crippen molar-refractivity contribution in [2.75, 3.05) is 6.61 Å². The van der Waals surface area contributed by atoms with Crippen molar-refractivity contribution >= 4 is 29.4 Å². The molecule has 1 saturated heterocycles. The van der Waals surface area contributed by atoms with Crippen LogP contribution in [0.3, 0.4) is 0 Å². The number of likely N-dealkylation sites (tertiary alicyclic amines) is 1. The van der Waals surface area contributed by atoms with Gasteiger partial charge in [-0.1, -0.05) is 31.5 Å². The van der Waals surface area contributed by atoms with Gasteiger partial charge in [-0.25, -0.2) is 4.90 Å². The van der Waals surface area contributed by atoms with E-state index in [0.717, 1.165) is 57.1 Å². The summed E-state index contributed by atoms with van der Waals surface area (Å²) in [6, 6.07) is 0. The Balaban J connectivity index is 1.25. The predicted molar refractivity (Wildman–Crippen MR) is 131 cm³/mol. The van der Waals surface area contributed by atoms with Gasteiger partial charge in [-0.2, -0.15) is 0 Å². The first-order valence-electron chi connectivity index (χ1n) is 13.7. The van der Waals surface area contributed by atoms with Crippen molar-refractivity contribution in [2.24, 2.45) is 33.7 Å². The van der Waals surface area contributed by atoms with E-state index in [1.54, 1.807) is 0 Å². The van der Waals surface area contributed by atoms with Crippen LogP contribution in [-0.4, -0.2) is 47.0 Å². The van der Waals surface area contributed by atoms with Crippen LogP contribution < -0.4 is 0 Å². The number of esters is 1. The first kappa shape index (κ1) is 25.2. The molecule has 0 bridgehead atoms. The molecule has 1 aliphatic heterocycles. The molecule has 3 amide bonds. The second kappa shape index (κ2) is 9.42. The Morgan fingerprint density at radius 3 is 2.47 bits per heavy atom. The Morgan fingerprint density at radius 2 is 1.75 bits per heavy atom. The molecule has 8 nitrogen and oxygen atoms in total. The number of allylic oxidation sites excluding steroid dienone is 2. The van der Waals surface area contributed by atoms with Crippen LogP contribution in [0.1, 0.15) is 91.4 Å². The zero-order valence-electron chi connectivity index (χ0n) is 21.7. The van der Waals surface area contributed by atoms with Crippen LogP contribution in [-0.2, 0) is 28.8 Å². The second-order valence-electron chi connectivity index (χ2n) is 11.8. The van der Waals surface area contributed by atoms with Gasteiger partial charge in [-0.05, 0) is 80.6 Å². The summed E-state index contributed by atoms with van der Waals surface area (Å²) < 4.78 is 5.91. The first-order chi connectivity index (χ1) is 17.2. The standard InChI is InChI=1S/C28H38N2O6/c1-4-26(34)36-22-8-7-20-19-6-5-17-15-18(11-13-27(17,2)21(19)12-14-28(20,22)3)29-35-16-25(33)30-23(31)9-10-24(30)32/h15,19-22H,4-14,16H2,1-3H3. The quantitative estimate of drug-likeness (QED) is 0.318. The van der Waals surface area contributed by atoms with Crippen LogP contribution in [0.2, 0.25) is 0 Å². The van der Waals surface area contributed by atoms with Gasteiger partial charge in [0.1, 0.15) is 6.10 Å². The van der Waals surface area contributed by atoms with E-state index in [0.29, 0.717) is 29.1 Å². The van der Waals surface area contributed by atoms with Gasteiger partial charge in [0.25, 0.3) is 5.91 Å². The summed E-state index contributed by atoms with van der Waals surface area (Å²) in [4.78, 5) is 53.7. The predicted octanol–water partition coefficient (Wildman–Crippen LogP) is 4.32. The molecule has 6 unspecified atom stereocenters. The van der Waals surface area contributed by atoms with Crippen molar-refractivity contribution in [3.8, 4) is 0 Å². The van der Waals surface area contributed by atoms with Gasteiger partial charge in [-0.3, -0.25) is 19.2 Å². The minimum atomic E-state index is -0.648. The van der Waals surface area contributed by atoms with Crippen molar-refractivity contribution in [2.45, 2.75) is 97.5 Å². The Bertz CT molecular complexity index is 1020. The van der Waals surface area contributed by atoms with E-state index in [9.17, 15) is 19.2 Å². The smallest absolute Gasteiger partial charge is 0.305 e. The molecule has 0 N–H and O–H groups in total. The maximum absolute atomic E-state index is 12.2. The van der Waals surface area contributed by atoms with Crippen molar-refractivity contribution in [3.05, 3.63) is 11.6 Å². The van der Waals surface area contributed by atoms with Crippen molar-refractivity contribution in [1.29, 1.82) is 0 Å². The monoisotopic (exact) mass is 498 g/mol. The van der Waals surface area contributed by atoms with E-state index < -0.39 is 24.3 Å². The van der Waals surface area contributed by atoms with Crippen LogP contribution >= 0.6 is 0 Å². The van der Waals surface area contributed by atoms with Crippen LogP contribution in [0.15, 0.2) is 16.8 Å². The number of carbonyl (C=O) groups excluding carboxylic acids is 4. The largest absolute Gasteiger partial charge is 0.462 e. The van der Waals surface area contributed by atoms with E-state index in [-0.39, 0.29) is 35.7 Å². The number of imide groups is 3. The van der Waals surface area contributed by atoms with Gasteiger partial charge < -0.3 is 9.57 Å². The summed E-state index contributed by atoms with van der Waals surface area (Å²) in [5, 5.41) is 4.20. The molecule has 3 saturated carbocycles. The molecule has 0 aromatic rings. The van der Waals surface area contributed by atoms with Crippen LogP contribution in [0.25, 0.3) is 0 Å². The average molecular weight is 499 g/mol. The first-order valence-corrected chi connectivity index (χ1v) is 13.7. The third-order valence-corrected chi connectivity index (χ3v) is 10.1. The highest BCUT2D eigenvalue weighted by molar-refractivity contribution is 6.15. The zero-order chi connectivity index (χ0) is 25.7. The number of ether oxygens (including phenoxy) is 1. The number of rotatable bonds is 5. The Hall–Kier alpha value is -2.51. The number of hydrogen-bond donors (Lipinski definition) is 0. The van der Waals surface area contributed by atoms with E-state index in [2.05, 4.69) is 25.1 Å². The number of fused-ring (bicyclic) bond motifs is 5. The maximum atomic E-state index is 12.2. The number of hydrogen-bond acceptors (Lipinski definition) is 7. The van der Waals surface area contributed by atoms with Gasteiger partial charge in [0.15, 0.2) is 6.61 Å². The number of carbonyl (C=O) groups is 4. The van der Waals surface area contributed by atoms with Gasteiger partial charge in [-0.15, -0.1) is 0 Å². The van der Waals surface area contributed by atoms with Gasteiger partial charge >= 0.3 is 5.97 Å². The SMILES string of the molecule is CCC(=O)OC1CCC2C3CCC4=CC(=NOCC(=O)N5C(=O)CCC5=O)CCC4(C)C3CCC12C. The highest BCUT2D eigenvalue weighted by atomic mass is 16.6. The zero-order valence-corrected chi connectivity index (χ0v) is 21.7. The van der Waals surface area contributed by atoms with Crippen molar-refractivity contribution in [3.63, 3.8) is 0 Å². The third kappa shape index (κ3) is 4.10. The molecule has 0 spiro atoms. The summed E-state index contributed by atoms with van der Waals surface area (Å²) in [6.45, 7) is 6.22. The van der Waals surface area contributed by atoms with Crippen molar-refractivity contribution in [1.82, 2.24) is 4.90 Å². The molecule has 36 heavy (non-hydrogen) atoms. The molecule has 196 valence electrons. The minimum Gasteiger partial charge on any atom is -0.462 e. The van der Waals surface area contributed by atoms with E-state index in [4.69, 9.17) is 9.57 Å². The Morgan fingerprint density at radius 1 is 1.00 bits per heavy atom. The van der Waals surface area contributed by atoms with E-state index in [1.807, 2.05) is 6.92 Å². The summed E-state index contributed by atoms with van der Waals surface area (Å²) in [5.74, 6) is 0.219. The van der Waals surface area contributed by atoms with Crippen molar-refractivity contribution < 1.29 is 28.8 Å². The fraction of sp³-hybridized carbons (Fsp3) is 0.750. The number of nitrogens with zero attached hydrogens (tertiary/aromatic N) is 2. The van der Waals surface area contributed by atoms with E-state index >= 15 is 0 Å². The number of oxime groups is 1. The normalized spacial score (nSPS) is 38.8. The minimum absolute atomic E-state index is 0.0525. The molecule has 0 aromatic heterocycles. The molecular weight excluding hydrogens is 460 g/mol. The summed E-state index contributed by atoms with van der Waals surface area (Å²) >= 11 is 0. The molecule has 0 aromatic carbocycles. The molecule has 4 fully saturated rings. The lowest BCUT2D eigenvalue weighted by Gasteiger charge is -2.58.